The molecule has 0 aliphatic heterocycles. The second kappa shape index (κ2) is 6.98. The first-order valence-corrected chi connectivity index (χ1v) is 7.31. The first kappa shape index (κ1) is 15.2. The van der Waals surface area contributed by atoms with E-state index in [2.05, 4.69) is 6.92 Å². The van der Waals surface area contributed by atoms with E-state index < -0.39 is 0 Å². The van der Waals surface area contributed by atoms with Gasteiger partial charge in [-0.2, -0.15) is 0 Å². The largest absolute Gasteiger partial charge is 0.457 e. The number of rotatable bonds is 5. The summed E-state index contributed by atoms with van der Waals surface area (Å²) in [5.41, 5.74) is 6.99. The Hall–Kier alpha value is -1.22. The molecule has 0 amide bonds. The van der Waals surface area contributed by atoms with E-state index in [1.165, 1.54) is 0 Å². The maximum atomic E-state index is 6.27. The maximum absolute atomic E-state index is 6.27. The third kappa shape index (κ3) is 4.14. The summed E-state index contributed by atoms with van der Waals surface area (Å²) >= 11 is 12.1. The Labute approximate surface area is 129 Å². The highest BCUT2D eigenvalue weighted by atomic mass is 35.5. The molecule has 20 heavy (non-hydrogen) atoms. The van der Waals surface area contributed by atoms with Gasteiger partial charge in [-0.15, -0.1) is 0 Å². The summed E-state index contributed by atoms with van der Waals surface area (Å²) in [7, 11) is 0. The highest BCUT2D eigenvalue weighted by molar-refractivity contribution is 6.31. The molecule has 0 bridgehead atoms. The van der Waals surface area contributed by atoms with E-state index in [1.54, 1.807) is 12.1 Å². The van der Waals surface area contributed by atoms with Gasteiger partial charge in [-0.05, 0) is 54.8 Å². The number of ether oxygens (including phenoxy) is 1. The van der Waals surface area contributed by atoms with E-state index in [1.807, 2.05) is 30.3 Å². The minimum atomic E-state index is 0.135. The first-order valence-electron chi connectivity index (χ1n) is 6.56. The molecule has 2 nitrogen and oxygen atoms in total. The third-order valence-electron chi connectivity index (χ3n) is 3.08. The van der Waals surface area contributed by atoms with Gasteiger partial charge in [0.2, 0.25) is 0 Å². The quantitative estimate of drug-likeness (QED) is 0.837. The molecule has 1 unspecified atom stereocenters. The fraction of sp³-hybridized carbons (Fsp3) is 0.250. The second-order valence-electron chi connectivity index (χ2n) is 4.68. The Morgan fingerprint density at radius 1 is 1.05 bits per heavy atom. The zero-order chi connectivity index (χ0) is 14.5. The number of hydrogen-bond acceptors (Lipinski definition) is 2. The molecule has 0 heterocycles. The van der Waals surface area contributed by atoms with Crippen LogP contribution >= 0.6 is 23.2 Å². The van der Waals surface area contributed by atoms with Crippen LogP contribution in [0.3, 0.4) is 0 Å². The summed E-state index contributed by atoms with van der Waals surface area (Å²) < 4.78 is 5.73. The van der Waals surface area contributed by atoms with Crippen LogP contribution in [0.4, 0.5) is 0 Å². The molecule has 0 fully saturated rings. The van der Waals surface area contributed by atoms with Crippen LogP contribution in [-0.2, 0) is 6.42 Å². The molecular formula is C16H17Cl2NO. The van der Waals surface area contributed by atoms with E-state index >= 15 is 0 Å². The highest BCUT2D eigenvalue weighted by Gasteiger charge is 2.07. The average molecular weight is 310 g/mol. The molecule has 0 radical (unpaired) electrons. The molecule has 0 saturated carbocycles. The molecule has 2 aromatic carbocycles. The Morgan fingerprint density at radius 3 is 2.30 bits per heavy atom. The Kier molecular flexibility index (Phi) is 5.30. The standard InChI is InChI=1S/C16H17Cl2NO/c1-2-13(19)9-11-3-6-15(10-16(11)18)20-14-7-4-12(17)5-8-14/h3-8,10,13H,2,9,19H2,1H3. The minimum absolute atomic E-state index is 0.135. The van der Waals surface area contributed by atoms with E-state index in [4.69, 9.17) is 33.7 Å². The molecule has 0 aliphatic carbocycles. The number of benzene rings is 2. The van der Waals surface area contributed by atoms with Crippen molar-refractivity contribution in [3.8, 4) is 11.5 Å². The Balaban J connectivity index is 2.10. The fourth-order valence-electron chi connectivity index (χ4n) is 1.82. The van der Waals surface area contributed by atoms with Crippen molar-refractivity contribution < 1.29 is 4.74 Å². The molecule has 4 heteroatoms. The molecule has 106 valence electrons. The van der Waals surface area contributed by atoms with Crippen molar-refractivity contribution in [2.45, 2.75) is 25.8 Å². The van der Waals surface area contributed by atoms with Gasteiger partial charge < -0.3 is 10.5 Å². The monoisotopic (exact) mass is 309 g/mol. The summed E-state index contributed by atoms with van der Waals surface area (Å²) in [5, 5.41) is 1.36. The SMILES string of the molecule is CCC(N)Cc1ccc(Oc2ccc(Cl)cc2)cc1Cl. The van der Waals surface area contributed by atoms with Crippen molar-refractivity contribution in [3.63, 3.8) is 0 Å². The Bertz CT molecular complexity index is 569. The minimum Gasteiger partial charge on any atom is -0.457 e. The van der Waals surface area contributed by atoms with Gasteiger partial charge in [0.25, 0.3) is 0 Å². The lowest BCUT2D eigenvalue weighted by Gasteiger charge is -2.12. The van der Waals surface area contributed by atoms with Gasteiger partial charge in [-0.1, -0.05) is 36.2 Å². The van der Waals surface area contributed by atoms with Gasteiger partial charge in [0.15, 0.2) is 0 Å². The molecule has 1 atom stereocenters. The summed E-state index contributed by atoms with van der Waals surface area (Å²) in [6.45, 7) is 2.07. The van der Waals surface area contributed by atoms with Gasteiger partial charge >= 0.3 is 0 Å². The lowest BCUT2D eigenvalue weighted by atomic mass is 10.0. The van der Waals surface area contributed by atoms with Crippen molar-refractivity contribution in [1.29, 1.82) is 0 Å². The smallest absolute Gasteiger partial charge is 0.128 e. The molecule has 0 saturated heterocycles. The molecule has 2 N–H and O–H groups in total. The van der Waals surface area contributed by atoms with E-state index in [0.717, 1.165) is 24.2 Å². The third-order valence-corrected chi connectivity index (χ3v) is 3.68. The number of halogens is 2. The zero-order valence-corrected chi connectivity index (χ0v) is 12.8. The molecule has 2 aromatic rings. The Morgan fingerprint density at radius 2 is 1.70 bits per heavy atom. The summed E-state index contributed by atoms with van der Waals surface area (Å²) in [5.74, 6) is 1.43. The van der Waals surface area contributed by atoms with Crippen molar-refractivity contribution in [3.05, 3.63) is 58.1 Å². The molecular weight excluding hydrogens is 293 g/mol. The van der Waals surface area contributed by atoms with E-state index in [-0.39, 0.29) is 6.04 Å². The van der Waals surface area contributed by atoms with Crippen LogP contribution in [0.2, 0.25) is 10.0 Å². The van der Waals surface area contributed by atoms with Gasteiger partial charge in [0, 0.05) is 16.1 Å². The van der Waals surface area contributed by atoms with Gasteiger partial charge in [0.1, 0.15) is 11.5 Å². The van der Waals surface area contributed by atoms with Crippen LogP contribution in [0.15, 0.2) is 42.5 Å². The van der Waals surface area contributed by atoms with Crippen LogP contribution in [0, 0.1) is 0 Å². The van der Waals surface area contributed by atoms with Crippen molar-refractivity contribution >= 4 is 23.2 Å². The molecule has 0 aromatic heterocycles. The van der Waals surface area contributed by atoms with Crippen LogP contribution in [-0.4, -0.2) is 6.04 Å². The molecule has 0 aliphatic rings. The predicted octanol–water partition coefficient (Wildman–Crippen LogP) is 5.07. The summed E-state index contributed by atoms with van der Waals surface area (Å²) in [6.07, 6.45) is 1.70. The zero-order valence-electron chi connectivity index (χ0n) is 11.3. The normalized spacial score (nSPS) is 12.2. The van der Waals surface area contributed by atoms with Gasteiger partial charge in [0.05, 0.1) is 0 Å². The second-order valence-corrected chi connectivity index (χ2v) is 5.53. The maximum Gasteiger partial charge on any atom is 0.128 e. The highest BCUT2D eigenvalue weighted by Crippen LogP contribution is 2.28. The first-order chi connectivity index (χ1) is 9.58. The van der Waals surface area contributed by atoms with Gasteiger partial charge in [-0.3, -0.25) is 0 Å². The van der Waals surface area contributed by atoms with Crippen LogP contribution in [0.25, 0.3) is 0 Å². The topological polar surface area (TPSA) is 35.2 Å². The number of hydrogen-bond donors (Lipinski definition) is 1. The predicted molar refractivity (Wildman–Crippen MR) is 84.9 cm³/mol. The lowest BCUT2D eigenvalue weighted by Crippen LogP contribution is -2.21. The van der Waals surface area contributed by atoms with Crippen molar-refractivity contribution in [2.24, 2.45) is 5.73 Å². The van der Waals surface area contributed by atoms with Crippen LogP contribution in [0.1, 0.15) is 18.9 Å². The summed E-state index contributed by atoms with van der Waals surface area (Å²) in [6, 6.07) is 13.0. The molecule has 2 rings (SSSR count). The van der Waals surface area contributed by atoms with Crippen molar-refractivity contribution in [1.82, 2.24) is 0 Å². The van der Waals surface area contributed by atoms with Crippen molar-refractivity contribution in [2.75, 3.05) is 0 Å². The van der Waals surface area contributed by atoms with E-state index in [0.29, 0.717) is 15.8 Å². The van der Waals surface area contributed by atoms with Gasteiger partial charge in [-0.25, -0.2) is 0 Å². The van der Waals surface area contributed by atoms with Crippen LogP contribution in [0.5, 0.6) is 11.5 Å². The summed E-state index contributed by atoms with van der Waals surface area (Å²) in [4.78, 5) is 0. The lowest BCUT2D eigenvalue weighted by molar-refractivity contribution is 0.482. The fourth-order valence-corrected chi connectivity index (χ4v) is 2.20. The number of nitrogens with two attached hydrogens (primary N) is 1. The van der Waals surface area contributed by atoms with E-state index in [9.17, 15) is 0 Å². The average Bonchev–Trinajstić information content (AvgIpc) is 2.44. The molecule has 0 spiro atoms. The van der Waals surface area contributed by atoms with Crippen LogP contribution < -0.4 is 10.5 Å².